The molecule has 0 unspecified atom stereocenters. The van der Waals surface area contributed by atoms with Crippen molar-refractivity contribution in [1.82, 2.24) is 0 Å². The minimum Gasteiger partial charge on any atom is -0.480 e. The van der Waals surface area contributed by atoms with Crippen LogP contribution in [-0.2, 0) is 4.79 Å². The molecule has 2 aromatic carbocycles. The molecule has 0 saturated heterocycles. The number of aliphatic carboxylic acids is 1. The highest BCUT2D eigenvalue weighted by atomic mass is 35.5. The number of rotatable bonds is 5. The number of thioether (sulfide) groups is 1. The highest BCUT2D eigenvalue weighted by Crippen LogP contribution is 2.55. The van der Waals surface area contributed by atoms with E-state index in [4.69, 9.17) is 11.6 Å². The van der Waals surface area contributed by atoms with Gasteiger partial charge in [-0.15, -0.1) is 23.4 Å². The van der Waals surface area contributed by atoms with Crippen molar-refractivity contribution in [1.29, 1.82) is 0 Å². The maximum atomic E-state index is 11.9. The van der Waals surface area contributed by atoms with Gasteiger partial charge in [-0.05, 0) is 49.1 Å². The molecule has 9 heteroatoms. The Balaban J connectivity index is 1.72. The van der Waals surface area contributed by atoms with Gasteiger partial charge in [-0.3, -0.25) is 14.9 Å². The highest BCUT2D eigenvalue weighted by molar-refractivity contribution is 8.00. The van der Waals surface area contributed by atoms with Gasteiger partial charge < -0.3 is 10.4 Å². The minimum atomic E-state index is -0.966. The molecule has 0 spiro atoms. The number of nitro benzene ring substituents is 1. The Morgan fingerprint density at radius 3 is 2.67 bits per heavy atom. The average molecular weight is 447 g/mol. The van der Waals surface area contributed by atoms with Crippen LogP contribution in [0.3, 0.4) is 0 Å². The number of anilines is 1. The van der Waals surface area contributed by atoms with E-state index in [9.17, 15) is 24.8 Å². The maximum absolute atomic E-state index is 11.9. The van der Waals surface area contributed by atoms with Crippen molar-refractivity contribution in [3.05, 3.63) is 63.7 Å². The van der Waals surface area contributed by atoms with E-state index in [0.717, 1.165) is 5.56 Å². The van der Waals surface area contributed by atoms with Crippen LogP contribution in [0.1, 0.15) is 35.2 Å². The number of benzene rings is 2. The van der Waals surface area contributed by atoms with Gasteiger partial charge in [0.05, 0.1) is 15.2 Å². The molecule has 1 aliphatic heterocycles. The zero-order valence-corrected chi connectivity index (χ0v) is 17.5. The largest absolute Gasteiger partial charge is 0.480 e. The van der Waals surface area contributed by atoms with E-state index in [0.29, 0.717) is 22.6 Å². The van der Waals surface area contributed by atoms with Crippen molar-refractivity contribution in [3.63, 3.8) is 0 Å². The maximum Gasteiger partial charge on any atom is 0.326 e. The molecule has 2 N–H and O–H groups in total. The third-order valence-electron chi connectivity index (χ3n) is 5.83. The van der Waals surface area contributed by atoms with Crippen molar-refractivity contribution < 1.29 is 19.6 Å². The lowest BCUT2D eigenvalue weighted by atomic mass is 9.79. The molecule has 156 valence electrons. The van der Waals surface area contributed by atoms with Crippen LogP contribution in [0.15, 0.2) is 47.4 Å². The number of alkyl halides is 1. The van der Waals surface area contributed by atoms with E-state index in [2.05, 4.69) is 5.32 Å². The van der Waals surface area contributed by atoms with E-state index < -0.39 is 22.3 Å². The zero-order valence-electron chi connectivity index (χ0n) is 15.9. The summed E-state index contributed by atoms with van der Waals surface area (Å²) in [6.07, 6.45) is 0.489. The van der Waals surface area contributed by atoms with E-state index in [-0.39, 0.29) is 28.6 Å². The first-order valence-corrected chi connectivity index (χ1v) is 10.8. The molecule has 0 bridgehead atoms. The number of carbonyl (C=O) groups is 2. The summed E-state index contributed by atoms with van der Waals surface area (Å²) < 4.78 is 0. The summed E-state index contributed by atoms with van der Waals surface area (Å²) in [7, 11) is 0. The second kappa shape index (κ2) is 7.92. The molecule has 1 aliphatic carbocycles. The Bertz CT molecular complexity index is 1050. The normalized spacial score (nSPS) is 26.9. The molecule has 4 rings (SSSR count). The summed E-state index contributed by atoms with van der Waals surface area (Å²) in [5, 5.41) is 23.6. The molecule has 1 saturated carbocycles. The Morgan fingerprint density at radius 1 is 1.27 bits per heavy atom. The van der Waals surface area contributed by atoms with Crippen molar-refractivity contribution >= 4 is 46.5 Å². The van der Waals surface area contributed by atoms with Crippen LogP contribution in [-0.4, -0.2) is 38.5 Å². The fraction of sp³-hybridized carbons (Fsp3) is 0.333. The third-order valence-corrected chi connectivity index (χ3v) is 7.94. The molecular formula is C21H19ClN2O5S. The molecule has 1 fully saturated rings. The van der Waals surface area contributed by atoms with Gasteiger partial charge in [0.15, 0.2) is 5.78 Å². The van der Waals surface area contributed by atoms with Crippen LogP contribution in [0.2, 0.25) is 0 Å². The standard InChI is InChI=1S/C21H19ClN2O5S/c1-10(25)11-6-7-14-12(8-11)18-13(20(23-14)21(26)27)9-17(19(18)22)30-16-5-3-2-4-15(16)24(28)29/h2-8,13,17-20,23H,9H2,1H3,(H,26,27)/t13-,17-,18+,19-,20-/m1/s1. The predicted molar refractivity (Wildman–Crippen MR) is 115 cm³/mol. The second-order valence-corrected chi connectivity index (χ2v) is 9.35. The number of nitro groups is 1. The van der Waals surface area contributed by atoms with Crippen molar-refractivity contribution in [2.75, 3.05) is 5.32 Å². The number of ketones is 1. The molecule has 0 aromatic heterocycles. The molecule has 5 atom stereocenters. The van der Waals surface area contributed by atoms with Crippen molar-refractivity contribution in [2.24, 2.45) is 5.92 Å². The van der Waals surface area contributed by atoms with Crippen LogP contribution in [0, 0.1) is 16.0 Å². The number of nitrogens with zero attached hydrogens (tertiary/aromatic N) is 1. The lowest BCUT2D eigenvalue weighted by Crippen LogP contribution is -2.42. The van der Waals surface area contributed by atoms with Crippen LogP contribution in [0.4, 0.5) is 11.4 Å². The summed E-state index contributed by atoms with van der Waals surface area (Å²) in [5.41, 5.74) is 2.04. The number of nitrogens with one attached hydrogen (secondary N) is 1. The van der Waals surface area contributed by atoms with Gasteiger partial charge in [0, 0.05) is 28.5 Å². The number of carboxylic acid groups (broad SMARTS) is 1. The number of halogens is 1. The summed E-state index contributed by atoms with van der Waals surface area (Å²) in [6, 6.07) is 10.8. The first-order chi connectivity index (χ1) is 14.3. The Kier molecular flexibility index (Phi) is 5.46. The van der Waals surface area contributed by atoms with Crippen molar-refractivity contribution in [2.45, 2.75) is 40.8 Å². The molecule has 2 aliphatic rings. The van der Waals surface area contributed by atoms with Gasteiger partial charge in [-0.2, -0.15) is 0 Å². The highest BCUT2D eigenvalue weighted by Gasteiger charge is 2.52. The molecule has 0 amide bonds. The average Bonchev–Trinajstić information content (AvgIpc) is 3.03. The van der Waals surface area contributed by atoms with Crippen molar-refractivity contribution in [3.8, 4) is 0 Å². The molecule has 1 heterocycles. The first kappa shape index (κ1) is 20.7. The summed E-state index contributed by atoms with van der Waals surface area (Å²) in [4.78, 5) is 35.3. The smallest absolute Gasteiger partial charge is 0.326 e. The van der Waals surface area contributed by atoms with Gasteiger partial charge in [0.25, 0.3) is 5.69 Å². The first-order valence-electron chi connectivity index (χ1n) is 9.46. The number of carboxylic acids is 1. The summed E-state index contributed by atoms with van der Waals surface area (Å²) >= 11 is 8.18. The van der Waals surface area contributed by atoms with Gasteiger partial charge in [0.1, 0.15) is 6.04 Å². The number of Topliss-reactive ketones (excluding diaryl/α,β-unsaturated/α-hetero) is 1. The quantitative estimate of drug-likeness (QED) is 0.300. The predicted octanol–water partition coefficient (Wildman–Crippen LogP) is 4.55. The number of para-hydroxylation sites is 1. The van der Waals surface area contributed by atoms with E-state index >= 15 is 0 Å². The van der Waals surface area contributed by atoms with Crippen LogP contribution in [0.25, 0.3) is 0 Å². The fourth-order valence-corrected chi connectivity index (χ4v) is 6.39. The monoisotopic (exact) mass is 446 g/mol. The molecular weight excluding hydrogens is 428 g/mol. The van der Waals surface area contributed by atoms with Crippen LogP contribution in [0.5, 0.6) is 0 Å². The van der Waals surface area contributed by atoms with E-state index in [1.165, 1.54) is 24.8 Å². The second-order valence-electron chi connectivity index (χ2n) is 7.57. The van der Waals surface area contributed by atoms with E-state index in [1.54, 1.807) is 36.4 Å². The lowest BCUT2D eigenvalue weighted by molar-refractivity contribution is -0.387. The molecule has 0 radical (unpaired) electrons. The fourth-order valence-electron chi connectivity index (χ4n) is 4.45. The van der Waals surface area contributed by atoms with Gasteiger partial charge in [0.2, 0.25) is 0 Å². The number of hydrogen-bond acceptors (Lipinski definition) is 6. The molecule has 7 nitrogen and oxygen atoms in total. The number of fused-ring (bicyclic) bond motifs is 3. The Hall–Kier alpha value is -2.58. The number of carbonyl (C=O) groups excluding carboxylic acids is 1. The SMILES string of the molecule is CC(=O)c1ccc2c(c1)[C@@H]1[C@H](Cl)[C@H](Sc3ccccc3[N+](=O)[O-])C[C@H]1[C@H](C(=O)O)N2. The number of hydrogen-bond donors (Lipinski definition) is 2. The lowest BCUT2D eigenvalue weighted by Gasteiger charge is -2.36. The summed E-state index contributed by atoms with van der Waals surface area (Å²) in [5.74, 6) is -1.61. The zero-order chi connectivity index (χ0) is 21.6. The Morgan fingerprint density at radius 2 is 2.00 bits per heavy atom. The minimum absolute atomic E-state index is 0.00779. The Labute approximate surface area is 182 Å². The molecule has 2 aromatic rings. The van der Waals surface area contributed by atoms with Gasteiger partial charge in [-0.1, -0.05) is 12.1 Å². The topological polar surface area (TPSA) is 110 Å². The van der Waals surface area contributed by atoms with Gasteiger partial charge in [-0.25, -0.2) is 4.79 Å². The van der Waals surface area contributed by atoms with Gasteiger partial charge >= 0.3 is 5.97 Å². The third kappa shape index (κ3) is 3.54. The van der Waals surface area contributed by atoms with E-state index in [1.807, 2.05) is 0 Å². The van der Waals surface area contributed by atoms with Crippen LogP contribution < -0.4 is 5.32 Å². The van der Waals surface area contributed by atoms with Crippen LogP contribution >= 0.6 is 23.4 Å². The summed E-state index contributed by atoms with van der Waals surface area (Å²) in [6.45, 7) is 1.48. The molecule has 30 heavy (non-hydrogen) atoms.